The van der Waals surface area contributed by atoms with Crippen LogP contribution in [0.1, 0.15) is 5.56 Å². The Kier molecular flexibility index (Phi) is 6.90. The predicted octanol–water partition coefficient (Wildman–Crippen LogP) is -3.46. The molecule has 0 amide bonds. The molecule has 7 nitrogen and oxygen atoms in total. The minimum absolute atomic E-state index is 0. The van der Waals surface area contributed by atoms with Gasteiger partial charge in [0, 0.05) is 5.69 Å². The molecular weight excluding hydrogens is 269 g/mol. The zero-order valence-corrected chi connectivity index (χ0v) is 12.3. The summed E-state index contributed by atoms with van der Waals surface area (Å²) in [5.74, 6) is -0.991. The van der Waals surface area contributed by atoms with E-state index in [2.05, 4.69) is 10.3 Å². The van der Waals surface area contributed by atoms with E-state index < -0.39 is 22.0 Å². The molecule has 0 aliphatic rings. The largest absolute Gasteiger partial charge is 1.00 e. The Morgan fingerprint density at radius 3 is 2.44 bits per heavy atom. The Labute approximate surface area is 126 Å². The second kappa shape index (κ2) is 7.35. The Morgan fingerprint density at radius 1 is 1.44 bits per heavy atom. The van der Waals surface area contributed by atoms with Crippen molar-refractivity contribution in [3.05, 3.63) is 29.8 Å². The molecule has 90 valence electrons. The second-order valence-electron chi connectivity index (χ2n) is 2.99. The SMILES string of the molecule is N#Cc1ccc(NC([O-])=NCS(=O)(=O)O)cc1.[Na+]. The Balaban J connectivity index is 0.00000289. The van der Waals surface area contributed by atoms with Crippen LogP contribution in [0.25, 0.3) is 0 Å². The van der Waals surface area contributed by atoms with Crippen molar-refractivity contribution in [1.82, 2.24) is 0 Å². The van der Waals surface area contributed by atoms with Crippen molar-refractivity contribution in [3.8, 4) is 6.07 Å². The molecule has 0 aliphatic heterocycles. The third-order valence-corrected chi connectivity index (χ3v) is 2.09. The first-order valence-electron chi connectivity index (χ1n) is 4.34. The zero-order chi connectivity index (χ0) is 12.9. The monoisotopic (exact) mass is 277 g/mol. The van der Waals surface area contributed by atoms with E-state index in [9.17, 15) is 13.5 Å². The molecule has 1 aromatic rings. The Morgan fingerprint density at radius 2 is 2.00 bits per heavy atom. The molecule has 2 N–H and O–H groups in total. The molecule has 0 bridgehead atoms. The smallest absolute Gasteiger partial charge is 0.846 e. The number of anilines is 1. The van der Waals surface area contributed by atoms with Crippen LogP contribution in [0.2, 0.25) is 0 Å². The number of rotatable bonds is 3. The van der Waals surface area contributed by atoms with Gasteiger partial charge in [0.1, 0.15) is 0 Å². The van der Waals surface area contributed by atoms with Crippen LogP contribution in [0.15, 0.2) is 29.3 Å². The third-order valence-electron chi connectivity index (χ3n) is 1.64. The van der Waals surface area contributed by atoms with E-state index in [-0.39, 0.29) is 29.6 Å². The first-order chi connectivity index (χ1) is 7.90. The van der Waals surface area contributed by atoms with E-state index >= 15 is 0 Å². The summed E-state index contributed by atoms with van der Waals surface area (Å²) in [6.45, 7) is 0. The molecule has 9 heteroatoms. The Hall–Kier alpha value is -1.11. The van der Waals surface area contributed by atoms with Crippen molar-refractivity contribution in [2.75, 3.05) is 11.2 Å². The minimum Gasteiger partial charge on any atom is -0.846 e. The first-order valence-corrected chi connectivity index (χ1v) is 5.95. The van der Waals surface area contributed by atoms with Crippen LogP contribution in [0.5, 0.6) is 0 Å². The molecule has 0 atom stereocenters. The maximum absolute atomic E-state index is 11.1. The number of hydrogen-bond acceptors (Lipinski definition) is 5. The number of nitrogens with one attached hydrogen (secondary N) is 1. The van der Waals surface area contributed by atoms with Gasteiger partial charge in [-0.1, -0.05) is 0 Å². The van der Waals surface area contributed by atoms with Gasteiger partial charge in [-0.15, -0.1) is 0 Å². The Bertz CT molecular complexity index is 562. The van der Waals surface area contributed by atoms with Gasteiger partial charge in [0.05, 0.1) is 17.7 Å². The quantitative estimate of drug-likeness (QED) is 0.256. The molecule has 0 saturated carbocycles. The van der Waals surface area contributed by atoms with Crippen molar-refractivity contribution in [2.24, 2.45) is 4.99 Å². The number of benzene rings is 1. The van der Waals surface area contributed by atoms with Crippen molar-refractivity contribution in [2.45, 2.75) is 0 Å². The fourth-order valence-corrected chi connectivity index (χ4v) is 1.21. The van der Waals surface area contributed by atoms with Gasteiger partial charge in [-0.2, -0.15) is 13.7 Å². The summed E-state index contributed by atoms with van der Waals surface area (Å²) < 4.78 is 29.0. The number of aliphatic imine (C=N–C) groups is 1. The van der Waals surface area contributed by atoms with Gasteiger partial charge in [0.2, 0.25) is 0 Å². The van der Waals surface area contributed by atoms with Crippen LogP contribution < -0.4 is 40.0 Å². The first kappa shape index (κ1) is 16.9. The number of nitriles is 1. The fourth-order valence-electron chi connectivity index (χ4n) is 0.931. The van der Waals surface area contributed by atoms with Crippen molar-refractivity contribution >= 4 is 21.8 Å². The molecule has 18 heavy (non-hydrogen) atoms. The molecular formula is C9H8N3NaO4S. The standard InChI is InChI=1S/C9H9N3O4S.Na/c10-5-7-1-3-8(4-2-7)12-9(13)11-6-17(14,15)16;/h1-4H,6H2,(H2,11,12,13)(H,14,15,16);/q;+1/p-1. The molecule has 0 aromatic heterocycles. The minimum atomic E-state index is -4.29. The van der Waals surface area contributed by atoms with Crippen LogP contribution in [0.3, 0.4) is 0 Å². The summed E-state index contributed by atoms with van der Waals surface area (Å²) in [5, 5.41) is 21.9. The molecule has 0 spiro atoms. The van der Waals surface area contributed by atoms with Crippen LogP contribution in [0.4, 0.5) is 5.69 Å². The molecule has 0 radical (unpaired) electrons. The molecule has 1 rings (SSSR count). The van der Waals surface area contributed by atoms with E-state index in [0.717, 1.165) is 0 Å². The third kappa shape index (κ3) is 6.58. The van der Waals surface area contributed by atoms with E-state index in [4.69, 9.17) is 9.81 Å². The van der Waals surface area contributed by atoms with Gasteiger partial charge in [-0.25, -0.2) is 0 Å². The maximum Gasteiger partial charge on any atom is 1.00 e. The van der Waals surface area contributed by atoms with Gasteiger partial charge in [-0.05, 0) is 24.3 Å². The van der Waals surface area contributed by atoms with Crippen LogP contribution >= 0.6 is 0 Å². The van der Waals surface area contributed by atoms with E-state index in [1.165, 1.54) is 24.3 Å². The van der Waals surface area contributed by atoms with E-state index in [1.54, 1.807) is 0 Å². The van der Waals surface area contributed by atoms with Crippen molar-refractivity contribution in [1.29, 1.82) is 5.26 Å². The normalized spacial score (nSPS) is 11.2. The second-order valence-corrected chi connectivity index (χ2v) is 4.41. The average molecular weight is 277 g/mol. The van der Waals surface area contributed by atoms with Gasteiger partial charge >= 0.3 is 29.6 Å². The molecule has 0 fully saturated rings. The van der Waals surface area contributed by atoms with Crippen molar-refractivity contribution in [3.63, 3.8) is 0 Å². The predicted molar refractivity (Wildman–Crippen MR) is 58.6 cm³/mol. The maximum atomic E-state index is 11.1. The zero-order valence-electron chi connectivity index (χ0n) is 9.49. The van der Waals surface area contributed by atoms with Gasteiger partial charge < -0.3 is 10.4 Å². The summed E-state index contributed by atoms with van der Waals surface area (Å²) in [6.07, 6.45) is 0. The van der Waals surface area contributed by atoms with Crippen LogP contribution in [0, 0.1) is 11.3 Å². The summed E-state index contributed by atoms with van der Waals surface area (Å²) in [7, 11) is -4.29. The van der Waals surface area contributed by atoms with Gasteiger partial charge in [0.15, 0.2) is 5.88 Å². The van der Waals surface area contributed by atoms with E-state index in [0.29, 0.717) is 11.3 Å². The molecule has 0 aliphatic carbocycles. The van der Waals surface area contributed by atoms with Crippen LogP contribution in [-0.4, -0.2) is 24.9 Å². The molecule has 0 unspecified atom stereocenters. The van der Waals surface area contributed by atoms with Gasteiger partial charge in [-0.3, -0.25) is 9.55 Å². The molecule has 1 aromatic carbocycles. The van der Waals surface area contributed by atoms with E-state index in [1.807, 2.05) is 6.07 Å². The van der Waals surface area contributed by atoms with Gasteiger partial charge in [0.25, 0.3) is 10.1 Å². The topological polar surface area (TPSA) is 126 Å². The summed E-state index contributed by atoms with van der Waals surface area (Å²) in [6, 6.07) is 6.92. The van der Waals surface area contributed by atoms with Crippen LogP contribution in [-0.2, 0) is 10.1 Å². The number of nitrogens with zero attached hydrogens (tertiary/aromatic N) is 2. The molecule has 0 saturated heterocycles. The number of amidine groups is 1. The van der Waals surface area contributed by atoms with Crippen molar-refractivity contribution < 1.29 is 47.6 Å². The fraction of sp³-hybridized carbons (Fsp3) is 0.111. The average Bonchev–Trinajstić information content (AvgIpc) is 2.27. The summed E-state index contributed by atoms with van der Waals surface area (Å²) in [5.41, 5.74) is 0.797. The summed E-state index contributed by atoms with van der Waals surface area (Å²) >= 11 is 0. The summed E-state index contributed by atoms with van der Waals surface area (Å²) in [4.78, 5) is 3.08. The molecule has 0 heterocycles. The number of hydrogen-bond donors (Lipinski definition) is 2.